The molecule has 0 atom stereocenters. The molecule has 0 spiro atoms. The number of carbonyl (C=O) groups is 1. The second-order valence-electron chi connectivity index (χ2n) is 3.48. The van der Waals surface area contributed by atoms with Crippen LogP contribution in [0.5, 0.6) is 0 Å². The summed E-state index contributed by atoms with van der Waals surface area (Å²) in [5, 5.41) is 11.4. The highest BCUT2D eigenvalue weighted by Crippen LogP contribution is 2.22. The number of nitrogens with two attached hydrogens (primary N) is 1. The molecular formula is C10H10ClN5O2. The van der Waals surface area contributed by atoms with Crippen molar-refractivity contribution in [2.45, 2.75) is 6.61 Å². The minimum atomic E-state index is -0.620. The van der Waals surface area contributed by atoms with Crippen LogP contribution in [-0.2, 0) is 18.4 Å². The number of hydrogen-bond acceptors (Lipinski definition) is 6. The number of tetrazole rings is 1. The lowest BCUT2D eigenvalue weighted by atomic mass is 10.2. The summed E-state index contributed by atoms with van der Waals surface area (Å²) in [7, 11) is 1.62. The van der Waals surface area contributed by atoms with Crippen molar-refractivity contribution in [2.24, 2.45) is 7.05 Å². The van der Waals surface area contributed by atoms with Gasteiger partial charge in [-0.2, -0.15) is 4.80 Å². The number of nitrogens with zero attached hydrogens (tertiary/aromatic N) is 4. The van der Waals surface area contributed by atoms with E-state index >= 15 is 0 Å². The van der Waals surface area contributed by atoms with Crippen LogP contribution in [0, 0.1) is 0 Å². The Morgan fingerprint density at radius 1 is 1.56 bits per heavy atom. The van der Waals surface area contributed by atoms with Crippen molar-refractivity contribution >= 4 is 23.3 Å². The fourth-order valence-corrected chi connectivity index (χ4v) is 1.60. The molecule has 0 saturated heterocycles. The van der Waals surface area contributed by atoms with E-state index in [9.17, 15) is 4.79 Å². The molecule has 0 saturated carbocycles. The Morgan fingerprint density at radius 3 is 2.94 bits per heavy atom. The summed E-state index contributed by atoms with van der Waals surface area (Å²) >= 11 is 5.88. The number of ether oxygens (including phenoxy) is 1. The lowest BCUT2D eigenvalue weighted by Crippen LogP contribution is -2.09. The summed E-state index contributed by atoms with van der Waals surface area (Å²) in [4.78, 5) is 13.1. The Kier molecular flexibility index (Phi) is 3.42. The van der Waals surface area contributed by atoms with Gasteiger partial charge in [-0.05, 0) is 17.3 Å². The first-order chi connectivity index (χ1) is 8.58. The quantitative estimate of drug-likeness (QED) is 0.653. The van der Waals surface area contributed by atoms with E-state index in [-0.39, 0.29) is 22.9 Å². The molecule has 8 heteroatoms. The predicted octanol–water partition coefficient (Wildman–Crippen LogP) is 0.803. The van der Waals surface area contributed by atoms with Crippen molar-refractivity contribution in [3.8, 4) is 0 Å². The molecule has 0 unspecified atom stereocenters. The molecule has 0 radical (unpaired) electrons. The third-order valence-electron chi connectivity index (χ3n) is 2.13. The highest BCUT2D eigenvalue weighted by molar-refractivity contribution is 6.34. The molecule has 1 heterocycles. The SMILES string of the molecule is Cn1nnc(COC(=O)c2c(N)cccc2Cl)n1. The van der Waals surface area contributed by atoms with Crippen molar-refractivity contribution in [3.05, 3.63) is 34.6 Å². The van der Waals surface area contributed by atoms with Gasteiger partial charge in [0.1, 0.15) is 5.56 Å². The minimum Gasteiger partial charge on any atom is -0.454 e. The lowest BCUT2D eigenvalue weighted by Gasteiger charge is -2.06. The van der Waals surface area contributed by atoms with Gasteiger partial charge < -0.3 is 10.5 Å². The molecule has 0 amide bonds. The topological polar surface area (TPSA) is 95.9 Å². The van der Waals surface area contributed by atoms with Gasteiger partial charge in [0.05, 0.1) is 12.1 Å². The van der Waals surface area contributed by atoms with Crippen LogP contribution in [0.3, 0.4) is 0 Å². The van der Waals surface area contributed by atoms with Gasteiger partial charge in [-0.25, -0.2) is 4.79 Å². The highest BCUT2D eigenvalue weighted by atomic mass is 35.5. The van der Waals surface area contributed by atoms with Crippen molar-refractivity contribution in [3.63, 3.8) is 0 Å². The van der Waals surface area contributed by atoms with Crippen LogP contribution in [0.15, 0.2) is 18.2 Å². The minimum absolute atomic E-state index is 0.0860. The van der Waals surface area contributed by atoms with Crippen molar-refractivity contribution in [2.75, 3.05) is 5.73 Å². The molecule has 0 fully saturated rings. The van der Waals surface area contributed by atoms with Crippen LogP contribution in [0.2, 0.25) is 5.02 Å². The number of esters is 1. The number of hydrogen-bond donors (Lipinski definition) is 1. The second kappa shape index (κ2) is 5.01. The van der Waals surface area contributed by atoms with Gasteiger partial charge in [-0.1, -0.05) is 17.7 Å². The Hall–Kier alpha value is -2.15. The fourth-order valence-electron chi connectivity index (χ4n) is 1.34. The van der Waals surface area contributed by atoms with Crippen molar-refractivity contribution in [1.82, 2.24) is 20.2 Å². The van der Waals surface area contributed by atoms with Gasteiger partial charge in [-0.15, -0.1) is 10.2 Å². The van der Waals surface area contributed by atoms with E-state index in [2.05, 4.69) is 15.4 Å². The van der Waals surface area contributed by atoms with Gasteiger partial charge >= 0.3 is 5.97 Å². The molecule has 1 aromatic heterocycles. The molecule has 2 N–H and O–H groups in total. The summed E-state index contributed by atoms with van der Waals surface area (Å²) in [6, 6.07) is 4.79. The fraction of sp³-hybridized carbons (Fsp3) is 0.200. The van der Waals surface area contributed by atoms with Gasteiger partial charge in [-0.3, -0.25) is 0 Å². The molecule has 7 nitrogen and oxygen atoms in total. The average molecular weight is 268 g/mol. The van der Waals surface area contributed by atoms with Crippen LogP contribution in [0.4, 0.5) is 5.69 Å². The van der Waals surface area contributed by atoms with Gasteiger partial charge in [0.25, 0.3) is 0 Å². The van der Waals surface area contributed by atoms with Crippen molar-refractivity contribution in [1.29, 1.82) is 0 Å². The number of aryl methyl sites for hydroxylation is 1. The van der Waals surface area contributed by atoms with Gasteiger partial charge in [0.2, 0.25) is 5.82 Å². The first-order valence-corrected chi connectivity index (χ1v) is 5.39. The zero-order chi connectivity index (χ0) is 13.1. The van der Waals surface area contributed by atoms with Crippen LogP contribution < -0.4 is 5.73 Å². The summed E-state index contributed by atoms with van der Waals surface area (Å²) in [5.74, 6) is -0.318. The molecule has 2 rings (SSSR count). The predicted molar refractivity (Wildman–Crippen MR) is 63.8 cm³/mol. The molecule has 1 aromatic carbocycles. The monoisotopic (exact) mass is 267 g/mol. The van der Waals surface area contributed by atoms with E-state index in [1.54, 1.807) is 25.2 Å². The summed E-state index contributed by atoms with van der Waals surface area (Å²) in [6.07, 6.45) is 0. The maximum atomic E-state index is 11.8. The molecule has 0 bridgehead atoms. The number of carbonyl (C=O) groups excluding carboxylic acids is 1. The largest absolute Gasteiger partial charge is 0.454 e. The zero-order valence-corrected chi connectivity index (χ0v) is 10.3. The van der Waals surface area contributed by atoms with E-state index in [1.807, 2.05) is 0 Å². The van der Waals surface area contributed by atoms with Gasteiger partial charge in [0.15, 0.2) is 6.61 Å². The summed E-state index contributed by atoms with van der Waals surface area (Å²) < 4.78 is 5.01. The molecule has 18 heavy (non-hydrogen) atoms. The Labute approximate surface area is 107 Å². The molecule has 0 aliphatic carbocycles. The number of rotatable bonds is 3. The third-order valence-corrected chi connectivity index (χ3v) is 2.45. The van der Waals surface area contributed by atoms with Gasteiger partial charge in [0, 0.05) is 5.69 Å². The molecule has 2 aromatic rings. The number of nitrogen functional groups attached to an aromatic ring is 1. The Balaban J connectivity index is 2.08. The number of anilines is 1. The molecule has 0 aliphatic rings. The van der Waals surface area contributed by atoms with E-state index in [0.717, 1.165) is 0 Å². The van der Waals surface area contributed by atoms with E-state index in [1.165, 1.54) is 4.80 Å². The van der Waals surface area contributed by atoms with Crippen LogP contribution in [-0.4, -0.2) is 26.2 Å². The number of halogens is 1. The number of aromatic nitrogens is 4. The summed E-state index contributed by atoms with van der Waals surface area (Å²) in [5.41, 5.74) is 6.07. The summed E-state index contributed by atoms with van der Waals surface area (Å²) in [6.45, 7) is -0.0860. The van der Waals surface area contributed by atoms with E-state index < -0.39 is 5.97 Å². The van der Waals surface area contributed by atoms with E-state index in [0.29, 0.717) is 5.82 Å². The lowest BCUT2D eigenvalue weighted by molar-refractivity contribution is 0.0463. The highest BCUT2D eigenvalue weighted by Gasteiger charge is 2.16. The molecular weight excluding hydrogens is 258 g/mol. The standard InChI is InChI=1S/C10H10ClN5O2/c1-16-14-8(13-15-16)5-18-10(17)9-6(11)3-2-4-7(9)12/h2-4H,5,12H2,1H3. The first kappa shape index (κ1) is 12.3. The van der Waals surface area contributed by atoms with Crippen LogP contribution in [0.25, 0.3) is 0 Å². The van der Waals surface area contributed by atoms with Crippen LogP contribution >= 0.6 is 11.6 Å². The first-order valence-electron chi connectivity index (χ1n) is 5.02. The smallest absolute Gasteiger partial charge is 0.342 e. The Bertz CT molecular complexity index is 563. The molecule has 94 valence electrons. The second-order valence-corrected chi connectivity index (χ2v) is 3.88. The van der Waals surface area contributed by atoms with Crippen molar-refractivity contribution < 1.29 is 9.53 Å². The van der Waals surface area contributed by atoms with E-state index in [4.69, 9.17) is 22.1 Å². The zero-order valence-electron chi connectivity index (χ0n) is 9.50. The maximum Gasteiger partial charge on any atom is 0.342 e. The normalized spacial score (nSPS) is 10.3. The Morgan fingerprint density at radius 2 is 2.33 bits per heavy atom. The molecule has 0 aliphatic heterocycles. The van der Waals surface area contributed by atoms with Crippen LogP contribution in [0.1, 0.15) is 16.2 Å². The maximum absolute atomic E-state index is 11.8. The third kappa shape index (κ3) is 2.57. The number of benzene rings is 1. The average Bonchev–Trinajstić information content (AvgIpc) is 2.72.